The number of guanidine groups is 1. The number of aliphatic imine (C=N–C) groups is 1. The molecule has 0 bridgehead atoms. The van der Waals surface area contributed by atoms with E-state index in [9.17, 15) is 0 Å². The van der Waals surface area contributed by atoms with Crippen molar-refractivity contribution in [2.45, 2.75) is 19.9 Å². The molecule has 1 N–H and O–H groups in total. The molecule has 6 nitrogen and oxygen atoms in total. The van der Waals surface area contributed by atoms with E-state index in [1.165, 1.54) is 5.69 Å². The summed E-state index contributed by atoms with van der Waals surface area (Å²) >= 11 is 6.07. The summed E-state index contributed by atoms with van der Waals surface area (Å²) in [6.45, 7) is 9.44. The van der Waals surface area contributed by atoms with E-state index in [0.717, 1.165) is 69.9 Å². The highest BCUT2D eigenvalue weighted by Crippen LogP contribution is 2.14. The van der Waals surface area contributed by atoms with Crippen LogP contribution >= 0.6 is 35.6 Å². The summed E-state index contributed by atoms with van der Waals surface area (Å²) in [4.78, 5) is 9.35. The van der Waals surface area contributed by atoms with Gasteiger partial charge in [0.05, 0.1) is 24.8 Å². The predicted molar refractivity (Wildman–Crippen MR) is 115 cm³/mol. The molecule has 1 aliphatic rings. The molecular formula is C17H31ClIN5O. The van der Waals surface area contributed by atoms with E-state index >= 15 is 0 Å². The van der Waals surface area contributed by atoms with E-state index in [1.807, 2.05) is 19.3 Å². The average molecular weight is 484 g/mol. The number of nitrogens with one attached hydrogen (secondary N) is 1. The van der Waals surface area contributed by atoms with Gasteiger partial charge in [-0.15, -0.1) is 24.0 Å². The summed E-state index contributed by atoms with van der Waals surface area (Å²) in [5, 5.41) is 4.14. The second-order valence-electron chi connectivity index (χ2n) is 6.16. The number of morpholine rings is 1. The van der Waals surface area contributed by atoms with Crippen molar-refractivity contribution >= 4 is 41.5 Å². The molecule has 0 radical (unpaired) electrons. The lowest BCUT2D eigenvalue weighted by Gasteiger charge is -2.26. The minimum atomic E-state index is 0. The predicted octanol–water partition coefficient (Wildman–Crippen LogP) is 2.42. The highest BCUT2D eigenvalue weighted by Gasteiger charge is 2.11. The van der Waals surface area contributed by atoms with Crippen LogP contribution < -0.4 is 5.32 Å². The lowest BCUT2D eigenvalue weighted by atomic mass is 10.3. The van der Waals surface area contributed by atoms with Crippen LogP contribution in [0.2, 0.25) is 5.02 Å². The number of aromatic nitrogens is 1. The van der Waals surface area contributed by atoms with E-state index in [-0.39, 0.29) is 24.0 Å². The molecule has 0 saturated carbocycles. The van der Waals surface area contributed by atoms with E-state index in [0.29, 0.717) is 0 Å². The first-order valence-electron chi connectivity index (χ1n) is 8.70. The van der Waals surface area contributed by atoms with Crippen LogP contribution in [0.15, 0.2) is 17.3 Å². The Morgan fingerprint density at radius 2 is 2.12 bits per heavy atom. The Bertz CT molecular complexity index is 531. The normalized spacial score (nSPS) is 15.8. The molecule has 144 valence electrons. The van der Waals surface area contributed by atoms with Gasteiger partial charge in [-0.05, 0) is 19.4 Å². The molecule has 2 rings (SSSR count). The van der Waals surface area contributed by atoms with Gasteiger partial charge in [0.15, 0.2) is 5.96 Å². The summed E-state index contributed by atoms with van der Waals surface area (Å²) in [7, 11) is 4.08. The molecule has 1 fully saturated rings. The molecule has 1 saturated heterocycles. The van der Waals surface area contributed by atoms with Crippen LogP contribution in [0.3, 0.4) is 0 Å². The van der Waals surface area contributed by atoms with Crippen molar-refractivity contribution in [1.29, 1.82) is 0 Å². The van der Waals surface area contributed by atoms with Gasteiger partial charge in [0, 0.05) is 58.7 Å². The maximum absolute atomic E-state index is 6.07. The molecule has 25 heavy (non-hydrogen) atoms. The standard InChI is InChI=1S/C17H30ClN5O.HI/c1-4-19-17(20-6-5-7-23-8-10-24-11-9-23)22(3)14-16-12-15(18)13-21(16)2;/h12-13H,4-11,14H2,1-3H3,(H,19,20);1H. The molecule has 1 aromatic heterocycles. The van der Waals surface area contributed by atoms with Gasteiger partial charge in [-0.3, -0.25) is 9.89 Å². The summed E-state index contributed by atoms with van der Waals surface area (Å²) in [6.07, 6.45) is 3.00. The van der Waals surface area contributed by atoms with Crippen molar-refractivity contribution in [1.82, 2.24) is 19.7 Å². The minimum Gasteiger partial charge on any atom is -0.379 e. The fraction of sp³-hybridized carbons (Fsp3) is 0.706. The van der Waals surface area contributed by atoms with Gasteiger partial charge < -0.3 is 19.5 Å². The zero-order valence-electron chi connectivity index (χ0n) is 15.5. The lowest BCUT2D eigenvalue weighted by Crippen LogP contribution is -2.39. The Kier molecular flexibility index (Phi) is 10.8. The zero-order valence-corrected chi connectivity index (χ0v) is 18.6. The Morgan fingerprint density at radius 1 is 1.40 bits per heavy atom. The maximum Gasteiger partial charge on any atom is 0.194 e. The summed E-state index contributed by atoms with van der Waals surface area (Å²) in [5.41, 5.74) is 1.17. The number of rotatable bonds is 7. The van der Waals surface area contributed by atoms with Gasteiger partial charge in [-0.2, -0.15) is 0 Å². The number of hydrogen-bond donors (Lipinski definition) is 1. The molecule has 0 atom stereocenters. The SMILES string of the molecule is CCNC(=NCCCN1CCOCC1)N(C)Cc1cc(Cl)cn1C.I. The van der Waals surface area contributed by atoms with E-state index in [2.05, 4.69) is 33.7 Å². The highest BCUT2D eigenvalue weighted by atomic mass is 127. The summed E-state index contributed by atoms with van der Waals surface area (Å²) in [5.74, 6) is 0.941. The molecule has 0 aromatic carbocycles. The first-order valence-corrected chi connectivity index (χ1v) is 9.08. The van der Waals surface area contributed by atoms with Crippen molar-refractivity contribution in [2.24, 2.45) is 12.0 Å². The van der Waals surface area contributed by atoms with Crippen LogP contribution in [0.1, 0.15) is 19.0 Å². The smallest absolute Gasteiger partial charge is 0.194 e. The Balaban J connectivity index is 0.00000312. The molecule has 0 spiro atoms. The monoisotopic (exact) mass is 483 g/mol. The van der Waals surface area contributed by atoms with Crippen LogP contribution in [-0.2, 0) is 18.3 Å². The second kappa shape index (κ2) is 12.0. The Morgan fingerprint density at radius 3 is 2.72 bits per heavy atom. The Labute approximate surface area is 173 Å². The zero-order chi connectivity index (χ0) is 17.4. The summed E-state index contributed by atoms with van der Waals surface area (Å²) in [6, 6.07) is 2.00. The number of nitrogens with zero attached hydrogens (tertiary/aromatic N) is 4. The van der Waals surface area contributed by atoms with Crippen molar-refractivity contribution in [2.75, 3.05) is 53.0 Å². The van der Waals surface area contributed by atoms with Crippen LogP contribution in [0.4, 0.5) is 0 Å². The van der Waals surface area contributed by atoms with Crippen molar-refractivity contribution in [3.05, 3.63) is 23.0 Å². The molecule has 1 aromatic rings. The molecule has 0 amide bonds. The molecular weight excluding hydrogens is 453 g/mol. The van der Waals surface area contributed by atoms with Gasteiger partial charge in [0.25, 0.3) is 0 Å². The largest absolute Gasteiger partial charge is 0.379 e. The van der Waals surface area contributed by atoms with Gasteiger partial charge in [-0.1, -0.05) is 11.6 Å². The van der Waals surface area contributed by atoms with Crippen LogP contribution in [0, 0.1) is 0 Å². The van der Waals surface area contributed by atoms with Gasteiger partial charge >= 0.3 is 0 Å². The number of halogens is 2. The first kappa shape index (κ1) is 22.5. The summed E-state index contributed by atoms with van der Waals surface area (Å²) < 4.78 is 7.43. The minimum absolute atomic E-state index is 0. The topological polar surface area (TPSA) is 45.0 Å². The second-order valence-corrected chi connectivity index (χ2v) is 6.60. The fourth-order valence-electron chi connectivity index (χ4n) is 2.81. The quantitative estimate of drug-likeness (QED) is 0.280. The van der Waals surface area contributed by atoms with E-state index < -0.39 is 0 Å². The third kappa shape index (κ3) is 7.72. The highest BCUT2D eigenvalue weighted by molar-refractivity contribution is 14.0. The van der Waals surface area contributed by atoms with Crippen LogP contribution in [-0.4, -0.2) is 73.3 Å². The number of hydrogen-bond acceptors (Lipinski definition) is 3. The third-order valence-corrected chi connectivity index (χ3v) is 4.37. The average Bonchev–Trinajstić information content (AvgIpc) is 2.88. The fourth-order valence-corrected chi connectivity index (χ4v) is 3.09. The van der Waals surface area contributed by atoms with E-state index in [4.69, 9.17) is 21.3 Å². The molecule has 0 unspecified atom stereocenters. The molecule has 8 heteroatoms. The van der Waals surface area contributed by atoms with Crippen molar-refractivity contribution < 1.29 is 4.74 Å². The molecule has 2 heterocycles. The maximum atomic E-state index is 6.07. The number of ether oxygens (including phenoxy) is 1. The van der Waals surface area contributed by atoms with Crippen LogP contribution in [0.25, 0.3) is 0 Å². The van der Waals surface area contributed by atoms with Gasteiger partial charge in [0.1, 0.15) is 0 Å². The molecule has 1 aliphatic heterocycles. The van der Waals surface area contributed by atoms with Crippen LogP contribution in [0.5, 0.6) is 0 Å². The third-order valence-electron chi connectivity index (χ3n) is 4.17. The Hall–Kier alpha value is -0.510. The van der Waals surface area contributed by atoms with Gasteiger partial charge in [-0.25, -0.2) is 0 Å². The van der Waals surface area contributed by atoms with Crippen molar-refractivity contribution in [3.63, 3.8) is 0 Å². The van der Waals surface area contributed by atoms with E-state index in [1.54, 1.807) is 0 Å². The van der Waals surface area contributed by atoms with Gasteiger partial charge in [0.2, 0.25) is 0 Å². The molecule has 0 aliphatic carbocycles. The van der Waals surface area contributed by atoms with Crippen molar-refractivity contribution in [3.8, 4) is 0 Å². The lowest BCUT2D eigenvalue weighted by molar-refractivity contribution is 0.0377. The first-order chi connectivity index (χ1) is 11.6. The number of aryl methyl sites for hydroxylation is 1.